The molecule has 84 valence electrons. The SMILES string of the molecule is CCS(=O)(=O)Oc1cccc2ccccc12. The predicted octanol–water partition coefficient (Wildman–Crippen LogP) is 2.57. The summed E-state index contributed by atoms with van der Waals surface area (Å²) in [5.41, 5.74) is 0. The van der Waals surface area contributed by atoms with Crippen molar-refractivity contribution in [3.63, 3.8) is 0 Å². The topological polar surface area (TPSA) is 43.4 Å². The third-order valence-electron chi connectivity index (χ3n) is 2.32. The van der Waals surface area contributed by atoms with Crippen LogP contribution in [0.1, 0.15) is 6.92 Å². The number of hydrogen-bond acceptors (Lipinski definition) is 3. The molecule has 0 unspecified atom stereocenters. The quantitative estimate of drug-likeness (QED) is 0.769. The Bertz CT molecular complexity index is 597. The van der Waals surface area contributed by atoms with Crippen LogP contribution in [0.25, 0.3) is 10.8 Å². The molecule has 0 N–H and O–H groups in total. The van der Waals surface area contributed by atoms with Crippen LogP contribution in [-0.2, 0) is 10.1 Å². The Morgan fingerprint density at radius 2 is 1.75 bits per heavy atom. The number of hydrogen-bond donors (Lipinski definition) is 0. The normalized spacial score (nSPS) is 11.6. The van der Waals surface area contributed by atoms with Crippen LogP contribution in [0, 0.1) is 0 Å². The van der Waals surface area contributed by atoms with E-state index in [-0.39, 0.29) is 5.75 Å². The van der Waals surface area contributed by atoms with Gasteiger partial charge in [0.2, 0.25) is 0 Å². The number of benzene rings is 2. The van der Waals surface area contributed by atoms with E-state index < -0.39 is 10.1 Å². The second-order valence-electron chi connectivity index (χ2n) is 3.41. The zero-order valence-corrected chi connectivity index (χ0v) is 9.70. The van der Waals surface area contributed by atoms with E-state index in [9.17, 15) is 8.42 Å². The van der Waals surface area contributed by atoms with Crippen LogP contribution >= 0.6 is 0 Å². The molecule has 0 atom stereocenters. The summed E-state index contributed by atoms with van der Waals surface area (Å²) < 4.78 is 27.8. The van der Waals surface area contributed by atoms with Crippen molar-refractivity contribution < 1.29 is 12.6 Å². The van der Waals surface area contributed by atoms with Crippen molar-refractivity contribution in [1.29, 1.82) is 0 Å². The molecule has 0 amide bonds. The van der Waals surface area contributed by atoms with Crippen LogP contribution in [0.2, 0.25) is 0 Å². The van der Waals surface area contributed by atoms with E-state index >= 15 is 0 Å². The van der Waals surface area contributed by atoms with Crippen molar-refractivity contribution in [2.45, 2.75) is 6.92 Å². The molecule has 16 heavy (non-hydrogen) atoms. The minimum Gasteiger partial charge on any atom is -0.382 e. The van der Waals surface area contributed by atoms with E-state index in [1.54, 1.807) is 19.1 Å². The Kier molecular flexibility index (Phi) is 2.83. The van der Waals surface area contributed by atoms with Gasteiger partial charge in [0.15, 0.2) is 0 Å². The predicted molar refractivity (Wildman–Crippen MR) is 64.0 cm³/mol. The average molecular weight is 236 g/mol. The molecular formula is C12H12O3S. The van der Waals surface area contributed by atoms with Gasteiger partial charge in [-0.1, -0.05) is 36.4 Å². The van der Waals surface area contributed by atoms with Gasteiger partial charge in [0.25, 0.3) is 0 Å². The van der Waals surface area contributed by atoms with E-state index in [1.807, 2.05) is 30.3 Å². The summed E-state index contributed by atoms with van der Waals surface area (Å²) in [6.07, 6.45) is 0. The van der Waals surface area contributed by atoms with Gasteiger partial charge in [0.1, 0.15) is 5.75 Å². The third kappa shape index (κ3) is 2.17. The highest BCUT2D eigenvalue weighted by molar-refractivity contribution is 7.87. The summed E-state index contributed by atoms with van der Waals surface area (Å²) in [5.74, 6) is 0.357. The molecule has 0 saturated carbocycles. The van der Waals surface area contributed by atoms with Crippen LogP contribution in [0.3, 0.4) is 0 Å². The third-order valence-corrected chi connectivity index (χ3v) is 3.46. The number of rotatable bonds is 3. The molecule has 0 heterocycles. The van der Waals surface area contributed by atoms with Gasteiger partial charge < -0.3 is 4.18 Å². The van der Waals surface area contributed by atoms with Gasteiger partial charge >= 0.3 is 10.1 Å². The van der Waals surface area contributed by atoms with E-state index in [2.05, 4.69) is 0 Å². The lowest BCUT2D eigenvalue weighted by Gasteiger charge is -2.07. The molecule has 0 saturated heterocycles. The molecule has 0 aliphatic heterocycles. The number of fused-ring (bicyclic) bond motifs is 1. The molecule has 0 radical (unpaired) electrons. The fraction of sp³-hybridized carbons (Fsp3) is 0.167. The zero-order chi connectivity index (χ0) is 11.6. The van der Waals surface area contributed by atoms with Gasteiger partial charge in [-0.3, -0.25) is 0 Å². The highest BCUT2D eigenvalue weighted by Gasteiger charge is 2.11. The van der Waals surface area contributed by atoms with Gasteiger partial charge in [-0.2, -0.15) is 8.42 Å². The summed E-state index contributed by atoms with van der Waals surface area (Å²) >= 11 is 0. The van der Waals surface area contributed by atoms with E-state index in [4.69, 9.17) is 4.18 Å². The Morgan fingerprint density at radius 3 is 2.50 bits per heavy atom. The van der Waals surface area contributed by atoms with Gasteiger partial charge in [-0.15, -0.1) is 0 Å². The first-order valence-electron chi connectivity index (χ1n) is 5.02. The molecule has 3 nitrogen and oxygen atoms in total. The maximum atomic E-state index is 11.4. The standard InChI is InChI=1S/C12H12O3S/c1-2-16(13,14)15-12-9-5-7-10-6-3-4-8-11(10)12/h3-9H,2H2,1H3. The summed E-state index contributed by atoms with van der Waals surface area (Å²) in [4.78, 5) is 0. The molecule has 2 aromatic rings. The molecule has 0 aliphatic carbocycles. The molecule has 0 bridgehead atoms. The van der Waals surface area contributed by atoms with Crippen molar-refractivity contribution >= 4 is 20.9 Å². The van der Waals surface area contributed by atoms with E-state index in [0.29, 0.717) is 5.75 Å². The highest BCUT2D eigenvalue weighted by atomic mass is 32.2. The molecular weight excluding hydrogens is 224 g/mol. The smallest absolute Gasteiger partial charge is 0.308 e. The molecule has 4 heteroatoms. The first-order chi connectivity index (χ1) is 7.62. The lowest BCUT2D eigenvalue weighted by Crippen LogP contribution is -2.11. The van der Waals surface area contributed by atoms with Crippen LogP contribution in [0.5, 0.6) is 5.75 Å². The summed E-state index contributed by atoms with van der Waals surface area (Å²) in [7, 11) is -3.46. The van der Waals surface area contributed by atoms with Crippen LogP contribution in [-0.4, -0.2) is 14.2 Å². The summed E-state index contributed by atoms with van der Waals surface area (Å²) in [5, 5.41) is 1.77. The second-order valence-corrected chi connectivity index (χ2v) is 5.27. The van der Waals surface area contributed by atoms with Crippen molar-refractivity contribution in [2.75, 3.05) is 5.75 Å². The Labute approximate surface area is 94.8 Å². The van der Waals surface area contributed by atoms with Crippen LogP contribution in [0.15, 0.2) is 42.5 Å². The average Bonchev–Trinajstić information content (AvgIpc) is 2.29. The maximum Gasteiger partial charge on any atom is 0.308 e. The minimum atomic E-state index is -3.46. The summed E-state index contributed by atoms with van der Waals surface area (Å²) in [6, 6.07) is 12.9. The fourth-order valence-electron chi connectivity index (χ4n) is 1.46. The minimum absolute atomic E-state index is 0.0315. The molecule has 0 spiro atoms. The van der Waals surface area contributed by atoms with Gasteiger partial charge in [-0.05, 0) is 18.4 Å². The molecule has 0 aromatic heterocycles. The monoisotopic (exact) mass is 236 g/mol. The van der Waals surface area contributed by atoms with E-state index in [1.165, 1.54) is 0 Å². The lowest BCUT2D eigenvalue weighted by atomic mass is 10.1. The van der Waals surface area contributed by atoms with Crippen LogP contribution < -0.4 is 4.18 Å². The fourth-order valence-corrected chi connectivity index (χ4v) is 2.00. The van der Waals surface area contributed by atoms with Crippen molar-refractivity contribution in [1.82, 2.24) is 0 Å². The first-order valence-corrected chi connectivity index (χ1v) is 6.60. The Morgan fingerprint density at radius 1 is 1.06 bits per heavy atom. The molecule has 0 fully saturated rings. The lowest BCUT2D eigenvalue weighted by molar-refractivity contribution is 0.490. The Balaban J connectivity index is 2.53. The molecule has 2 rings (SSSR count). The van der Waals surface area contributed by atoms with Gasteiger partial charge in [0, 0.05) is 5.39 Å². The van der Waals surface area contributed by atoms with Crippen molar-refractivity contribution in [3.05, 3.63) is 42.5 Å². The van der Waals surface area contributed by atoms with Crippen LogP contribution in [0.4, 0.5) is 0 Å². The zero-order valence-electron chi connectivity index (χ0n) is 8.88. The first kappa shape index (κ1) is 11.0. The highest BCUT2D eigenvalue weighted by Crippen LogP contribution is 2.26. The molecule has 2 aromatic carbocycles. The summed E-state index contributed by atoms with van der Waals surface area (Å²) in [6.45, 7) is 1.56. The second kappa shape index (κ2) is 4.14. The van der Waals surface area contributed by atoms with Crippen molar-refractivity contribution in [2.24, 2.45) is 0 Å². The largest absolute Gasteiger partial charge is 0.382 e. The van der Waals surface area contributed by atoms with Gasteiger partial charge in [0.05, 0.1) is 5.75 Å². The van der Waals surface area contributed by atoms with Gasteiger partial charge in [-0.25, -0.2) is 0 Å². The van der Waals surface area contributed by atoms with Crippen molar-refractivity contribution in [3.8, 4) is 5.75 Å². The maximum absolute atomic E-state index is 11.4. The Hall–Kier alpha value is -1.55. The molecule has 0 aliphatic rings. The van der Waals surface area contributed by atoms with E-state index in [0.717, 1.165) is 10.8 Å².